The van der Waals surface area contributed by atoms with Crippen molar-refractivity contribution in [2.24, 2.45) is 35.5 Å². The summed E-state index contributed by atoms with van der Waals surface area (Å²) < 4.78 is 12.7. The Labute approximate surface area is 138 Å². The van der Waals surface area contributed by atoms with E-state index in [1.54, 1.807) is 0 Å². The van der Waals surface area contributed by atoms with Gasteiger partial charge < -0.3 is 9.47 Å². The average molecular weight is 320 g/mol. The van der Waals surface area contributed by atoms with Crippen molar-refractivity contribution in [1.29, 1.82) is 0 Å². The fourth-order valence-electron chi connectivity index (χ4n) is 6.07. The van der Waals surface area contributed by atoms with Gasteiger partial charge in [-0.1, -0.05) is 20.8 Å². The molecule has 4 fully saturated rings. The van der Waals surface area contributed by atoms with Gasteiger partial charge in [-0.25, -0.2) is 0 Å². The fourth-order valence-corrected chi connectivity index (χ4v) is 6.07. The third-order valence-electron chi connectivity index (χ3n) is 7.10. The maximum Gasteiger partial charge on any atom is 0.314 e. The van der Waals surface area contributed by atoms with Crippen LogP contribution in [-0.4, -0.2) is 23.1 Å². The molecule has 4 aliphatic rings. The van der Waals surface area contributed by atoms with Crippen LogP contribution in [0.1, 0.15) is 59.8 Å². The van der Waals surface area contributed by atoms with Crippen molar-refractivity contribution in [3.63, 3.8) is 0 Å². The zero-order valence-electron chi connectivity index (χ0n) is 14.6. The molecule has 3 aliphatic carbocycles. The highest BCUT2D eigenvalue weighted by Crippen LogP contribution is 2.64. The zero-order chi connectivity index (χ0) is 16.6. The number of hydrogen-bond donors (Lipinski definition) is 0. The van der Waals surface area contributed by atoms with E-state index in [1.165, 1.54) is 0 Å². The summed E-state index contributed by atoms with van der Waals surface area (Å²) in [5.74, 6) is 0.658. The van der Waals surface area contributed by atoms with Crippen molar-refractivity contribution in [3.8, 4) is 0 Å². The predicted molar refractivity (Wildman–Crippen MR) is 84.4 cm³/mol. The molecular weight excluding hydrogens is 292 g/mol. The number of esters is 1. The minimum Gasteiger partial charge on any atom is -0.432 e. The number of hydrogen-bond acceptors (Lipinski definition) is 4. The Morgan fingerprint density at radius 1 is 1.17 bits per heavy atom. The van der Waals surface area contributed by atoms with Gasteiger partial charge in [-0.3, -0.25) is 9.59 Å². The Bertz CT molecular complexity index is 556. The minimum absolute atomic E-state index is 0.116. The van der Waals surface area contributed by atoms with Crippen molar-refractivity contribution in [2.75, 3.05) is 0 Å². The summed E-state index contributed by atoms with van der Waals surface area (Å²) in [5, 5.41) is 0. The molecule has 0 bridgehead atoms. The smallest absolute Gasteiger partial charge is 0.314 e. The summed E-state index contributed by atoms with van der Waals surface area (Å²) in [6.07, 6.45) is 4.09. The molecule has 0 aromatic carbocycles. The molecule has 0 aromatic rings. The normalized spacial score (nSPS) is 52.1. The van der Waals surface area contributed by atoms with Crippen LogP contribution in [0.2, 0.25) is 0 Å². The third kappa shape index (κ3) is 2.00. The second-order valence-corrected chi connectivity index (χ2v) is 8.95. The van der Waals surface area contributed by atoms with Gasteiger partial charge in [-0.05, 0) is 43.4 Å². The lowest BCUT2D eigenvalue weighted by Gasteiger charge is -2.64. The molecule has 1 heterocycles. The molecule has 0 aromatic heterocycles. The van der Waals surface area contributed by atoms with Gasteiger partial charge in [0.25, 0.3) is 0 Å². The highest BCUT2D eigenvalue weighted by Gasteiger charge is 2.73. The predicted octanol–water partition coefficient (Wildman–Crippen LogP) is 3.33. The van der Waals surface area contributed by atoms with Crippen LogP contribution in [-0.2, 0) is 19.1 Å². The van der Waals surface area contributed by atoms with Crippen molar-refractivity contribution in [3.05, 3.63) is 0 Å². The van der Waals surface area contributed by atoms with Crippen LogP contribution < -0.4 is 0 Å². The molecule has 0 amide bonds. The molecule has 128 valence electrons. The van der Waals surface area contributed by atoms with Crippen molar-refractivity contribution < 1.29 is 19.1 Å². The van der Waals surface area contributed by atoms with Crippen LogP contribution in [0.25, 0.3) is 0 Å². The molecule has 4 rings (SSSR count). The Kier molecular flexibility index (Phi) is 3.27. The van der Waals surface area contributed by atoms with E-state index < -0.39 is 11.4 Å². The molecular formula is C19H28O4. The van der Waals surface area contributed by atoms with Gasteiger partial charge in [0.1, 0.15) is 5.78 Å². The van der Waals surface area contributed by atoms with Crippen molar-refractivity contribution in [1.82, 2.24) is 0 Å². The number of rotatable bonds is 1. The third-order valence-corrected chi connectivity index (χ3v) is 7.10. The molecule has 7 unspecified atom stereocenters. The van der Waals surface area contributed by atoms with Gasteiger partial charge in [0, 0.05) is 25.2 Å². The van der Waals surface area contributed by atoms with E-state index in [9.17, 15) is 9.59 Å². The second kappa shape index (κ2) is 4.81. The SMILES string of the molecule is CC1CCC(C(C)C)C2(C1)OC(=O)C1C3CC(=O)CC3C1(C)O2. The number of ether oxygens (including phenoxy) is 2. The molecule has 23 heavy (non-hydrogen) atoms. The number of fused-ring (bicyclic) bond motifs is 4. The standard InChI is InChI=1S/C19H28O4/c1-10(2)14-6-5-11(3)9-19(14)22-17(21)16-13-7-12(20)8-15(13)18(16,4)23-19/h10-11,13-16H,5-9H2,1-4H3. The van der Waals surface area contributed by atoms with E-state index in [-0.39, 0.29) is 35.4 Å². The summed E-state index contributed by atoms with van der Waals surface area (Å²) in [7, 11) is 0. The summed E-state index contributed by atoms with van der Waals surface area (Å²) in [5.41, 5.74) is -0.504. The van der Waals surface area contributed by atoms with Crippen molar-refractivity contribution in [2.45, 2.75) is 71.2 Å². The highest BCUT2D eigenvalue weighted by atomic mass is 16.7. The molecule has 1 spiro atoms. The van der Waals surface area contributed by atoms with Crippen LogP contribution in [0.4, 0.5) is 0 Å². The summed E-state index contributed by atoms with van der Waals surface area (Å²) in [6, 6.07) is 0. The summed E-state index contributed by atoms with van der Waals surface area (Å²) in [4.78, 5) is 24.7. The zero-order valence-corrected chi connectivity index (χ0v) is 14.6. The first kappa shape index (κ1) is 15.6. The molecule has 0 N–H and O–H groups in total. The lowest BCUT2D eigenvalue weighted by molar-refractivity contribution is -0.392. The largest absolute Gasteiger partial charge is 0.432 e. The number of carbonyl (C=O) groups excluding carboxylic acids is 2. The molecule has 7 atom stereocenters. The maximum absolute atomic E-state index is 12.8. The van der Waals surface area contributed by atoms with E-state index >= 15 is 0 Å². The van der Waals surface area contributed by atoms with E-state index in [2.05, 4.69) is 27.7 Å². The number of Topliss-reactive ketones (excluding diaryl/α,β-unsaturated/α-hetero) is 1. The first-order valence-electron chi connectivity index (χ1n) is 9.21. The lowest BCUT2D eigenvalue weighted by atomic mass is 9.54. The highest BCUT2D eigenvalue weighted by molar-refractivity contribution is 5.86. The lowest BCUT2D eigenvalue weighted by Crippen LogP contribution is -2.72. The van der Waals surface area contributed by atoms with Gasteiger partial charge in [-0.2, -0.15) is 0 Å². The monoisotopic (exact) mass is 320 g/mol. The van der Waals surface area contributed by atoms with E-state index in [1.807, 2.05) is 0 Å². The Morgan fingerprint density at radius 2 is 1.91 bits per heavy atom. The maximum atomic E-state index is 12.8. The quantitative estimate of drug-likeness (QED) is 0.695. The number of ketones is 1. The summed E-state index contributed by atoms with van der Waals surface area (Å²) in [6.45, 7) is 8.65. The first-order chi connectivity index (χ1) is 10.8. The van der Waals surface area contributed by atoms with Gasteiger partial charge >= 0.3 is 5.97 Å². The molecule has 4 heteroatoms. The van der Waals surface area contributed by atoms with Gasteiger partial charge in [0.2, 0.25) is 5.79 Å². The molecule has 3 saturated carbocycles. The van der Waals surface area contributed by atoms with Gasteiger partial charge in [0.15, 0.2) is 0 Å². The molecule has 1 saturated heterocycles. The molecule has 1 aliphatic heterocycles. The second-order valence-electron chi connectivity index (χ2n) is 8.95. The Balaban J connectivity index is 1.69. The van der Waals surface area contributed by atoms with Crippen LogP contribution in [0.15, 0.2) is 0 Å². The van der Waals surface area contributed by atoms with E-state index in [0.29, 0.717) is 24.7 Å². The van der Waals surface area contributed by atoms with E-state index in [4.69, 9.17) is 9.47 Å². The van der Waals surface area contributed by atoms with Gasteiger partial charge in [0.05, 0.1) is 11.5 Å². The van der Waals surface area contributed by atoms with Crippen LogP contribution in [0.5, 0.6) is 0 Å². The number of carbonyl (C=O) groups is 2. The molecule has 4 nitrogen and oxygen atoms in total. The van der Waals surface area contributed by atoms with E-state index in [0.717, 1.165) is 19.3 Å². The van der Waals surface area contributed by atoms with Crippen LogP contribution in [0.3, 0.4) is 0 Å². The van der Waals surface area contributed by atoms with Gasteiger partial charge in [-0.15, -0.1) is 0 Å². The van der Waals surface area contributed by atoms with Crippen molar-refractivity contribution >= 4 is 11.8 Å². The first-order valence-corrected chi connectivity index (χ1v) is 9.21. The topological polar surface area (TPSA) is 52.6 Å². The molecule has 0 radical (unpaired) electrons. The summed E-state index contributed by atoms with van der Waals surface area (Å²) >= 11 is 0. The van der Waals surface area contributed by atoms with Crippen LogP contribution in [0, 0.1) is 35.5 Å². The minimum atomic E-state index is -0.773. The fraction of sp³-hybridized carbons (Fsp3) is 0.895. The average Bonchev–Trinajstić information content (AvgIpc) is 2.76. The van der Waals surface area contributed by atoms with Crippen LogP contribution >= 0.6 is 0 Å². The Morgan fingerprint density at radius 3 is 2.61 bits per heavy atom. The Hall–Kier alpha value is -0.900.